The van der Waals surface area contributed by atoms with Crippen LogP contribution in [-0.4, -0.2) is 11.5 Å². The van der Waals surface area contributed by atoms with Crippen LogP contribution >= 0.6 is 22.7 Å². The van der Waals surface area contributed by atoms with E-state index in [9.17, 15) is 0 Å². The van der Waals surface area contributed by atoms with Crippen LogP contribution in [0.4, 0.5) is 0 Å². The number of aromatic nitrogens is 1. The van der Waals surface area contributed by atoms with Crippen molar-refractivity contribution >= 4 is 22.7 Å². The molecule has 0 spiro atoms. The lowest BCUT2D eigenvalue weighted by Gasteiger charge is -2.14. The lowest BCUT2D eigenvalue weighted by molar-refractivity contribution is 0.595. The summed E-state index contributed by atoms with van der Waals surface area (Å²) in [6.45, 7) is 7.43. The molecule has 2 nitrogen and oxygen atoms in total. The summed E-state index contributed by atoms with van der Waals surface area (Å²) < 4.78 is 0. The molecule has 0 bridgehead atoms. The van der Waals surface area contributed by atoms with Crippen LogP contribution in [0, 0.1) is 13.8 Å². The Hall–Kier alpha value is -0.710. The summed E-state index contributed by atoms with van der Waals surface area (Å²) in [7, 11) is 0. The van der Waals surface area contributed by atoms with E-state index in [2.05, 4.69) is 48.6 Å². The van der Waals surface area contributed by atoms with E-state index in [0.717, 1.165) is 23.7 Å². The molecule has 17 heavy (non-hydrogen) atoms. The van der Waals surface area contributed by atoms with E-state index in [1.165, 1.54) is 9.75 Å². The Morgan fingerprint density at radius 3 is 2.71 bits per heavy atom. The second-order valence-corrected chi connectivity index (χ2v) is 6.51. The van der Waals surface area contributed by atoms with E-state index < -0.39 is 0 Å². The van der Waals surface area contributed by atoms with Crippen molar-refractivity contribution in [3.8, 4) is 0 Å². The summed E-state index contributed by atoms with van der Waals surface area (Å²) in [5.74, 6) is 0. The zero-order valence-electron chi connectivity index (χ0n) is 10.5. The molecule has 1 atom stereocenters. The largest absolute Gasteiger partial charge is 0.304 e. The fourth-order valence-electron chi connectivity index (χ4n) is 1.76. The molecule has 2 aromatic rings. The topological polar surface area (TPSA) is 24.9 Å². The van der Waals surface area contributed by atoms with Gasteiger partial charge in [0.05, 0.1) is 16.7 Å². The molecule has 0 fully saturated rings. The summed E-state index contributed by atoms with van der Waals surface area (Å²) in [5.41, 5.74) is 1.16. The van der Waals surface area contributed by atoms with Crippen LogP contribution in [0.25, 0.3) is 0 Å². The van der Waals surface area contributed by atoms with Crippen molar-refractivity contribution in [3.63, 3.8) is 0 Å². The van der Waals surface area contributed by atoms with Crippen molar-refractivity contribution in [2.45, 2.75) is 33.2 Å². The maximum absolute atomic E-state index is 4.61. The number of thiophene rings is 1. The maximum Gasteiger partial charge on any atom is 0.0898 e. The zero-order chi connectivity index (χ0) is 12.3. The molecule has 0 aliphatic heterocycles. The summed E-state index contributed by atoms with van der Waals surface area (Å²) in [6.07, 6.45) is 1.14. The second-order valence-electron chi connectivity index (χ2n) is 4.13. The zero-order valence-corrected chi connectivity index (χ0v) is 12.1. The van der Waals surface area contributed by atoms with E-state index in [1.807, 2.05) is 11.3 Å². The first-order valence-corrected chi connectivity index (χ1v) is 7.62. The molecule has 0 aromatic carbocycles. The second kappa shape index (κ2) is 5.76. The van der Waals surface area contributed by atoms with Crippen molar-refractivity contribution in [1.82, 2.24) is 10.3 Å². The van der Waals surface area contributed by atoms with Gasteiger partial charge in [0.1, 0.15) is 0 Å². The number of nitrogens with one attached hydrogen (secondary N) is 1. The number of nitrogens with zero attached hydrogens (tertiary/aromatic N) is 1. The van der Waals surface area contributed by atoms with Gasteiger partial charge in [0.25, 0.3) is 0 Å². The van der Waals surface area contributed by atoms with Crippen LogP contribution in [0.15, 0.2) is 17.5 Å². The fraction of sp³-hybridized carbons (Fsp3) is 0.462. The summed E-state index contributed by atoms with van der Waals surface area (Å²) >= 11 is 3.57. The highest BCUT2D eigenvalue weighted by molar-refractivity contribution is 7.12. The number of rotatable bonds is 5. The molecule has 0 aliphatic rings. The molecule has 2 heterocycles. The van der Waals surface area contributed by atoms with Crippen LogP contribution in [-0.2, 0) is 0 Å². The van der Waals surface area contributed by atoms with Gasteiger partial charge >= 0.3 is 0 Å². The normalized spacial score (nSPS) is 12.9. The smallest absolute Gasteiger partial charge is 0.0898 e. The molecule has 92 valence electrons. The van der Waals surface area contributed by atoms with Gasteiger partial charge in [-0.1, -0.05) is 6.92 Å². The van der Waals surface area contributed by atoms with Crippen LogP contribution in [0.5, 0.6) is 0 Å². The summed E-state index contributed by atoms with van der Waals surface area (Å²) in [6, 6.07) is 4.65. The van der Waals surface area contributed by atoms with E-state index in [0.29, 0.717) is 0 Å². The average Bonchev–Trinajstić information content (AvgIpc) is 2.89. The summed E-state index contributed by atoms with van der Waals surface area (Å²) in [4.78, 5) is 7.33. The van der Waals surface area contributed by atoms with Gasteiger partial charge in [-0.3, -0.25) is 0 Å². The first-order chi connectivity index (χ1) is 8.20. The van der Waals surface area contributed by atoms with Gasteiger partial charge in [-0.05, 0) is 38.9 Å². The SMILES string of the molecule is CCCNC(c1csc(C)n1)c1ccc(C)s1. The minimum atomic E-state index is 0.263. The Labute approximate surface area is 111 Å². The van der Waals surface area contributed by atoms with E-state index >= 15 is 0 Å². The van der Waals surface area contributed by atoms with Crippen molar-refractivity contribution in [3.05, 3.63) is 38.0 Å². The van der Waals surface area contributed by atoms with Crippen LogP contribution in [0.3, 0.4) is 0 Å². The third-order valence-corrected chi connectivity index (χ3v) is 4.43. The van der Waals surface area contributed by atoms with Crippen LogP contribution in [0.2, 0.25) is 0 Å². The molecular weight excluding hydrogens is 248 g/mol. The Bertz CT molecular complexity index is 433. The Kier molecular flexibility index (Phi) is 4.31. The van der Waals surface area contributed by atoms with Crippen LogP contribution in [0.1, 0.15) is 39.8 Å². The van der Waals surface area contributed by atoms with E-state index in [4.69, 9.17) is 0 Å². The number of thiazole rings is 1. The van der Waals surface area contributed by atoms with Gasteiger partial charge in [-0.2, -0.15) is 0 Å². The van der Waals surface area contributed by atoms with Crippen molar-refractivity contribution < 1.29 is 0 Å². The first kappa shape index (κ1) is 12.7. The first-order valence-electron chi connectivity index (χ1n) is 5.92. The Morgan fingerprint density at radius 1 is 1.35 bits per heavy atom. The van der Waals surface area contributed by atoms with Gasteiger partial charge < -0.3 is 5.32 Å². The molecule has 2 aromatic heterocycles. The quantitative estimate of drug-likeness (QED) is 0.887. The lowest BCUT2D eigenvalue weighted by Crippen LogP contribution is -2.22. The monoisotopic (exact) mass is 266 g/mol. The predicted molar refractivity (Wildman–Crippen MR) is 76.0 cm³/mol. The number of hydrogen-bond donors (Lipinski definition) is 1. The van der Waals surface area contributed by atoms with Gasteiger partial charge in [0.2, 0.25) is 0 Å². The fourth-order valence-corrected chi connectivity index (χ4v) is 3.36. The molecular formula is C13H18N2S2. The summed E-state index contributed by atoms with van der Waals surface area (Å²) in [5, 5.41) is 6.88. The van der Waals surface area contributed by atoms with Gasteiger partial charge in [0.15, 0.2) is 0 Å². The predicted octanol–water partition coefficient (Wildman–Crippen LogP) is 3.91. The van der Waals surface area contributed by atoms with Gasteiger partial charge in [0, 0.05) is 15.1 Å². The molecule has 0 saturated heterocycles. The van der Waals surface area contributed by atoms with Gasteiger partial charge in [-0.15, -0.1) is 22.7 Å². The number of hydrogen-bond acceptors (Lipinski definition) is 4. The van der Waals surface area contributed by atoms with Crippen molar-refractivity contribution in [2.24, 2.45) is 0 Å². The van der Waals surface area contributed by atoms with Crippen molar-refractivity contribution in [2.75, 3.05) is 6.54 Å². The average molecular weight is 266 g/mol. The molecule has 0 radical (unpaired) electrons. The van der Waals surface area contributed by atoms with Crippen molar-refractivity contribution in [1.29, 1.82) is 0 Å². The Morgan fingerprint density at radius 2 is 2.18 bits per heavy atom. The van der Waals surface area contributed by atoms with Gasteiger partial charge in [-0.25, -0.2) is 4.98 Å². The molecule has 1 N–H and O–H groups in total. The lowest BCUT2D eigenvalue weighted by atomic mass is 10.2. The third kappa shape index (κ3) is 3.15. The highest BCUT2D eigenvalue weighted by Gasteiger charge is 2.17. The maximum atomic E-state index is 4.61. The minimum absolute atomic E-state index is 0.263. The molecule has 0 saturated carbocycles. The molecule has 0 aliphatic carbocycles. The molecule has 1 unspecified atom stereocenters. The van der Waals surface area contributed by atoms with E-state index in [-0.39, 0.29) is 6.04 Å². The third-order valence-electron chi connectivity index (χ3n) is 2.58. The molecule has 4 heteroatoms. The molecule has 2 rings (SSSR count). The minimum Gasteiger partial charge on any atom is -0.304 e. The Balaban J connectivity index is 2.24. The standard InChI is InChI=1S/C13H18N2S2/c1-4-7-14-13(11-8-16-10(3)15-11)12-6-5-9(2)17-12/h5-6,8,13-14H,4,7H2,1-3H3. The number of aryl methyl sites for hydroxylation is 2. The van der Waals surface area contributed by atoms with Crippen LogP contribution < -0.4 is 5.32 Å². The molecule has 0 amide bonds. The van der Waals surface area contributed by atoms with E-state index in [1.54, 1.807) is 11.3 Å². The highest BCUT2D eigenvalue weighted by atomic mass is 32.1. The highest BCUT2D eigenvalue weighted by Crippen LogP contribution is 2.28.